The van der Waals surface area contributed by atoms with E-state index in [2.05, 4.69) is 5.32 Å². The molecular weight excluding hydrogens is 594 g/mol. The van der Waals surface area contributed by atoms with Crippen LogP contribution in [0.2, 0.25) is 5.02 Å². The number of carbonyl (C=O) groups is 2. The standard InChI is InChI=1S/C35H38ClN3O4S/c1-44(42,43)39(32-21-11-16-28-15-8-9-20-31(28)32)25-34(40)38(24-27-14-10-17-29(36)22-27)33(23-26-12-4-2-5-13-26)35(41)37-30-18-6-3-7-19-30/h2,4-5,8-17,20-22,30,33H,3,6-7,18-19,23-25H2,1H3,(H,37,41)/t33-/m1/s1. The van der Waals surface area contributed by atoms with E-state index in [4.69, 9.17) is 11.6 Å². The van der Waals surface area contributed by atoms with Crippen LogP contribution in [0.15, 0.2) is 97.1 Å². The largest absolute Gasteiger partial charge is 0.352 e. The molecule has 0 aromatic heterocycles. The van der Waals surface area contributed by atoms with E-state index in [1.807, 2.05) is 66.7 Å². The zero-order valence-corrected chi connectivity index (χ0v) is 26.4. The van der Waals surface area contributed by atoms with Crippen molar-refractivity contribution in [2.24, 2.45) is 0 Å². The predicted octanol–water partition coefficient (Wildman–Crippen LogP) is 6.35. The highest BCUT2D eigenvalue weighted by molar-refractivity contribution is 7.92. The maximum absolute atomic E-state index is 14.4. The summed E-state index contributed by atoms with van der Waals surface area (Å²) in [5, 5.41) is 5.30. The van der Waals surface area contributed by atoms with Gasteiger partial charge in [0, 0.05) is 29.4 Å². The molecule has 1 atom stereocenters. The molecule has 44 heavy (non-hydrogen) atoms. The van der Waals surface area contributed by atoms with Crippen molar-refractivity contribution in [1.82, 2.24) is 10.2 Å². The predicted molar refractivity (Wildman–Crippen MR) is 177 cm³/mol. The monoisotopic (exact) mass is 631 g/mol. The fourth-order valence-electron chi connectivity index (χ4n) is 5.95. The van der Waals surface area contributed by atoms with Crippen molar-refractivity contribution in [2.75, 3.05) is 17.1 Å². The van der Waals surface area contributed by atoms with Crippen molar-refractivity contribution in [1.29, 1.82) is 0 Å². The van der Waals surface area contributed by atoms with Crippen LogP contribution in [-0.2, 0) is 32.6 Å². The average Bonchev–Trinajstić information content (AvgIpc) is 3.01. The molecule has 230 valence electrons. The number of halogens is 1. The third-order valence-electron chi connectivity index (χ3n) is 8.18. The van der Waals surface area contributed by atoms with Gasteiger partial charge in [-0.1, -0.05) is 110 Å². The van der Waals surface area contributed by atoms with Crippen molar-refractivity contribution in [3.63, 3.8) is 0 Å². The lowest BCUT2D eigenvalue weighted by Gasteiger charge is -2.35. The lowest BCUT2D eigenvalue weighted by Crippen LogP contribution is -2.55. The molecule has 1 aliphatic carbocycles. The van der Waals surface area contributed by atoms with Crippen LogP contribution < -0.4 is 9.62 Å². The van der Waals surface area contributed by atoms with Crippen molar-refractivity contribution in [3.05, 3.63) is 113 Å². The molecule has 9 heteroatoms. The fraction of sp³-hybridized carbons (Fsp3) is 0.314. The van der Waals surface area contributed by atoms with Crippen LogP contribution in [0.5, 0.6) is 0 Å². The Morgan fingerprint density at radius 2 is 1.52 bits per heavy atom. The van der Waals surface area contributed by atoms with Gasteiger partial charge in [0.2, 0.25) is 21.8 Å². The molecule has 0 spiro atoms. The van der Waals surface area contributed by atoms with Crippen LogP contribution in [0.25, 0.3) is 10.8 Å². The highest BCUT2D eigenvalue weighted by Crippen LogP contribution is 2.29. The molecule has 1 fully saturated rings. The van der Waals surface area contributed by atoms with Gasteiger partial charge in [0.05, 0.1) is 11.9 Å². The molecule has 4 aromatic carbocycles. The average molecular weight is 632 g/mol. The minimum Gasteiger partial charge on any atom is -0.352 e. The number of hydrogen-bond donors (Lipinski definition) is 1. The third-order valence-corrected chi connectivity index (χ3v) is 9.54. The maximum Gasteiger partial charge on any atom is 0.244 e. The third kappa shape index (κ3) is 7.98. The van der Waals surface area contributed by atoms with E-state index < -0.39 is 28.5 Å². The van der Waals surface area contributed by atoms with Crippen LogP contribution in [-0.4, -0.2) is 50.0 Å². The summed E-state index contributed by atoms with van der Waals surface area (Å²) in [5.74, 6) is -0.727. The molecule has 0 unspecified atom stereocenters. The Morgan fingerprint density at radius 1 is 0.864 bits per heavy atom. The number of carbonyl (C=O) groups excluding carboxylic acids is 2. The Kier molecular flexibility index (Phi) is 10.2. The first kappa shape index (κ1) is 31.5. The summed E-state index contributed by atoms with van der Waals surface area (Å²) in [6, 6.07) is 28.8. The Labute approximate surface area is 264 Å². The van der Waals surface area contributed by atoms with E-state index in [9.17, 15) is 18.0 Å². The molecule has 4 aromatic rings. The quantitative estimate of drug-likeness (QED) is 0.209. The Balaban J connectivity index is 1.54. The van der Waals surface area contributed by atoms with Crippen molar-refractivity contribution >= 4 is 49.9 Å². The Bertz CT molecular complexity index is 1700. The summed E-state index contributed by atoms with van der Waals surface area (Å²) in [7, 11) is -3.88. The van der Waals surface area contributed by atoms with Gasteiger partial charge >= 0.3 is 0 Å². The number of amides is 2. The molecular formula is C35H38ClN3O4S. The molecule has 1 saturated carbocycles. The number of nitrogens with zero attached hydrogens (tertiary/aromatic N) is 2. The number of sulfonamides is 1. The number of hydrogen-bond acceptors (Lipinski definition) is 4. The number of benzene rings is 4. The summed E-state index contributed by atoms with van der Waals surface area (Å²) in [5.41, 5.74) is 2.05. The first-order valence-electron chi connectivity index (χ1n) is 15.0. The summed E-state index contributed by atoms with van der Waals surface area (Å²) in [4.78, 5) is 30.0. The minimum absolute atomic E-state index is 0.0425. The van der Waals surface area contributed by atoms with Gasteiger partial charge < -0.3 is 10.2 Å². The van der Waals surface area contributed by atoms with E-state index >= 15 is 0 Å². The van der Waals surface area contributed by atoms with Crippen molar-refractivity contribution in [2.45, 2.75) is 57.2 Å². The lowest BCUT2D eigenvalue weighted by molar-refractivity contribution is -0.140. The highest BCUT2D eigenvalue weighted by atomic mass is 35.5. The van der Waals surface area contributed by atoms with Gasteiger partial charge in [-0.05, 0) is 47.6 Å². The van der Waals surface area contributed by atoms with E-state index in [1.54, 1.807) is 30.3 Å². The number of fused-ring (bicyclic) bond motifs is 1. The second-order valence-corrected chi connectivity index (χ2v) is 13.8. The fourth-order valence-corrected chi connectivity index (χ4v) is 7.03. The summed E-state index contributed by atoms with van der Waals surface area (Å²) < 4.78 is 27.6. The number of nitrogens with one attached hydrogen (secondary N) is 1. The van der Waals surface area contributed by atoms with Gasteiger partial charge in [-0.3, -0.25) is 13.9 Å². The first-order valence-corrected chi connectivity index (χ1v) is 17.3. The molecule has 0 saturated heterocycles. The first-order chi connectivity index (χ1) is 21.2. The van der Waals surface area contributed by atoms with Crippen molar-refractivity contribution < 1.29 is 18.0 Å². The Hall–Kier alpha value is -3.88. The van der Waals surface area contributed by atoms with Gasteiger partial charge in [0.1, 0.15) is 12.6 Å². The molecule has 0 heterocycles. The van der Waals surface area contributed by atoms with E-state index in [-0.39, 0.29) is 24.9 Å². The van der Waals surface area contributed by atoms with Crippen LogP contribution >= 0.6 is 11.6 Å². The topological polar surface area (TPSA) is 86.8 Å². The molecule has 0 bridgehead atoms. The number of rotatable bonds is 11. The summed E-state index contributed by atoms with van der Waals surface area (Å²) in [6.45, 7) is -0.377. The van der Waals surface area contributed by atoms with Gasteiger partial charge in [0.15, 0.2) is 0 Å². The lowest BCUT2D eigenvalue weighted by atomic mass is 9.94. The zero-order valence-electron chi connectivity index (χ0n) is 24.9. The second kappa shape index (κ2) is 14.3. The molecule has 5 rings (SSSR count). The highest BCUT2D eigenvalue weighted by Gasteiger charge is 2.34. The molecule has 2 amide bonds. The minimum atomic E-state index is -3.88. The van der Waals surface area contributed by atoms with Gasteiger partial charge in [0.25, 0.3) is 0 Å². The Morgan fingerprint density at radius 3 is 2.25 bits per heavy atom. The van der Waals surface area contributed by atoms with Gasteiger partial charge in [-0.2, -0.15) is 0 Å². The summed E-state index contributed by atoms with van der Waals surface area (Å²) >= 11 is 6.32. The van der Waals surface area contributed by atoms with Crippen LogP contribution in [0.3, 0.4) is 0 Å². The van der Waals surface area contributed by atoms with E-state index in [0.29, 0.717) is 16.1 Å². The summed E-state index contributed by atoms with van der Waals surface area (Å²) in [6.07, 6.45) is 6.42. The molecule has 0 aliphatic heterocycles. The zero-order chi connectivity index (χ0) is 31.1. The van der Waals surface area contributed by atoms with Gasteiger partial charge in [-0.15, -0.1) is 0 Å². The van der Waals surface area contributed by atoms with Crippen molar-refractivity contribution in [3.8, 4) is 0 Å². The van der Waals surface area contributed by atoms with Crippen LogP contribution in [0.1, 0.15) is 43.2 Å². The maximum atomic E-state index is 14.4. The molecule has 1 aliphatic rings. The molecule has 0 radical (unpaired) electrons. The van der Waals surface area contributed by atoms with E-state index in [0.717, 1.165) is 59.2 Å². The van der Waals surface area contributed by atoms with Gasteiger partial charge in [-0.25, -0.2) is 8.42 Å². The SMILES string of the molecule is CS(=O)(=O)N(CC(=O)N(Cc1cccc(Cl)c1)[C@H](Cc1ccccc1)C(=O)NC1CCCCC1)c1cccc2ccccc12. The smallest absolute Gasteiger partial charge is 0.244 e. The van der Waals surface area contributed by atoms with Crippen LogP contribution in [0, 0.1) is 0 Å². The van der Waals surface area contributed by atoms with E-state index in [1.165, 1.54) is 4.90 Å². The normalized spacial score (nSPS) is 14.6. The molecule has 7 nitrogen and oxygen atoms in total. The second-order valence-electron chi connectivity index (χ2n) is 11.5. The molecule has 1 N–H and O–H groups in total. The number of anilines is 1. The van der Waals surface area contributed by atoms with Crippen LogP contribution in [0.4, 0.5) is 5.69 Å².